The molecule has 3 rings (SSSR count). The normalized spacial score (nSPS) is 17.5. The number of rotatable bonds is 16. The van der Waals surface area contributed by atoms with Crippen molar-refractivity contribution in [3.8, 4) is 0 Å². The first kappa shape index (κ1) is 31.8. The van der Waals surface area contributed by atoms with Crippen molar-refractivity contribution in [1.29, 1.82) is 0 Å². The fourth-order valence-corrected chi connectivity index (χ4v) is 5.56. The Morgan fingerprint density at radius 2 is 1.90 bits per heavy atom. The molecule has 4 N–H and O–H groups in total. The lowest BCUT2D eigenvalue weighted by atomic mass is 10.2. The first-order valence-corrected chi connectivity index (χ1v) is 15.1. The van der Waals surface area contributed by atoms with Crippen molar-refractivity contribution in [2.45, 2.75) is 51.0 Å². The van der Waals surface area contributed by atoms with Crippen LogP contribution in [0.2, 0.25) is 0 Å². The molecule has 3 atom stereocenters. The van der Waals surface area contributed by atoms with Gasteiger partial charge in [0, 0.05) is 19.3 Å². The Labute approximate surface area is 239 Å². The number of nitrogens with zero attached hydrogens (tertiary/aromatic N) is 2. The van der Waals surface area contributed by atoms with Crippen LogP contribution >= 0.6 is 0 Å². The Hall–Kier alpha value is -3.75. The smallest absolute Gasteiger partial charge is 0.410 e. The summed E-state index contributed by atoms with van der Waals surface area (Å²) in [6.07, 6.45) is 2.09. The number of carboxylic acid groups (broad SMARTS) is 1. The number of hydrogen-bond acceptors (Lipinski definition) is 9. The topological polar surface area (TPSA) is 176 Å². The molecule has 1 aliphatic rings. The van der Waals surface area contributed by atoms with Gasteiger partial charge in [0.2, 0.25) is 15.9 Å². The molecule has 0 saturated carbocycles. The quantitative estimate of drug-likeness (QED) is 0.224. The zero-order valence-corrected chi connectivity index (χ0v) is 23.7. The highest BCUT2D eigenvalue weighted by atomic mass is 32.2. The zero-order chi connectivity index (χ0) is 29.7. The second-order valence-electron chi connectivity index (χ2n) is 9.60. The molecule has 0 radical (unpaired) electrons. The Kier molecular flexibility index (Phi) is 12.3. The average Bonchev–Trinajstić information content (AvgIpc) is 3.39. The minimum Gasteiger partial charge on any atom is -0.480 e. The van der Waals surface area contributed by atoms with Crippen LogP contribution in [-0.2, 0) is 35.7 Å². The molecule has 2 aromatic rings. The van der Waals surface area contributed by atoms with Gasteiger partial charge in [-0.2, -0.15) is 4.72 Å². The summed E-state index contributed by atoms with van der Waals surface area (Å²) in [6.45, 7) is 1.65. The maximum absolute atomic E-state index is 13.0. The number of aromatic nitrogens is 1. The number of amides is 2. The van der Waals surface area contributed by atoms with E-state index in [0.717, 1.165) is 5.56 Å². The molecular weight excluding hydrogens is 554 g/mol. The van der Waals surface area contributed by atoms with Crippen molar-refractivity contribution in [2.75, 3.05) is 37.3 Å². The molecule has 1 aromatic carbocycles. The van der Waals surface area contributed by atoms with Gasteiger partial charge in [-0.1, -0.05) is 49.7 Å². The summed E-state index contributed by atoms with van der Waals surface area (Å²) in [6, 6.07) is 12.9. The lowest BCUT2D eigenvalue weighted by Gasteiger charge is -2.24. The second kappa shape index (κ2) is 15.9. The molecule has 1 fully saturated rings. The third kappa shape index (κ3) is 11.0. The number of carboxylic acids is 1. The number of benzene rings is 1. The van der Waals surface area contributed by atoms with Gasteiger partial charge in [-0.25, -0.2) is 18.2 Å². The molecule has 14 heteroatoms. The summed E-state index contributed by atoms with van der Waals surface area (Å²) < 4.78 is 37.5. The summed E-state index contributed by atoms with van der Waals surface area (Å²) in [4.78, 5) is 42.6. The number of unbranched alkanes of at least 4 members (excludes halogenated alkanes) is 1. The van der Waals surface area contributed by atoms with Crippen molar-refractivity contribution in [3.63, 3.8) is 0 Å². The molecule has 2 heterocycles. The van der Waals surface area contributed by atoms with E-state index in [-0.39, 0.29) is 24.9 Å². The minimum atomic E-state index is -3.80. The van der Waals surface area contributed by atoms with Crippen LogP contribution in [0.5, 0.6) is 0 Å². The summed E-state index contributed by atoms with van der Waals surface area (Å²) in [5.41, 5.74) is 0.847. The van der Waals surface area contributed by atoms with E-state index >= 15 is 0 Å². The van der Waals surface area contributed by atoms with Crippen LogP contribution in [0.15, 0.2) is 54.7 Å². The molecule has 1 saturated heterocycles. The predicted octanol–water partition coefficient (Wildman–Crippen LogP) is 1.58. The largest absolute Gasteiger partial charge is 0.480 e. The van der Waals surface area contributed by atoms with Gasteiger partial charge in [0.1, 0.15) is 25.1 Å². The minimum absolute atomic E-state index is 0.109. The number of aliphatic carboxylic acids is 1. The van der Waals surface area contributed by atoms with Crippen molar-refractivity contribution < 1.29 is 37.4 Å². The van der Waals surface area contributed by atoms with Crippen LogP contribution in [0, 0.1) is 0 Å². The molecule has 0 spiro atoms. The van der Waals surface area contributed by atoms with Gasteiger partial charge in [0.05, 0.1) is 24.4 Å². The summed E-state index contributed by atoms with van der Waals surface area (Å²) >= 11 is 0. The van der Waals surface area contributed by atoms with Crippen LogP contribution in [-0.4, -0.2) is 91.6 Å². The van der Waals surface area contributed by atoms with Crippen molar-refractivity contribution in [1.82, 2.24) is 19.9 Å². The fraction of sp³-hybridized carbons (Fsp3) is 0.481. The number of hydrogen-bond donors (Lipinski definition) is 4. The van der Waals surface area contributed by atoms with E-state index < -0.39 is 53.3 Å². The molecule has 13 nitrogen and oxygen atoms in total. The SMILES string of the molecule is CCCCS(=O)(=O)NC(CNC(=O)COC1CC(CNc2ccccn2)N(C(=O)OCc2ccccc2)C1)C(=O)O. The lowest BCUT2D eigenvalue weighted by molar-refractivity contribution is -0.139. The van der Waals surface area contributed by atoms with Gasteiger partial charge in [-0.05, 0) is 30.5 Å². The second-order valence-corrected chi connectivity index (χ2v) is 11.5. The number of pyridine rings is 1. The molecule has 41 heavy (non-hydrogen) atoms. The summed E-state index contributed by atoms with van der Waals surface area (Å²) in [5.74, 6) is -1.58. The van der Waals surface area contributed by atoms with E-state index in [4.69, 9.17) is 9.47 Å². The van der Waals surface area contributed by atoms with Gasteiger partial charge >= 0.3 is 12.1 Å². The van der Waals surface area contributed by atoms with E-state index in [1.54, 1.807) is 23.2 Å². The van der Waals surface area contributed by atoms with E-state index in [1.165, 1.54) is 0 Å². The number of likely N-dealkylation sites (tertiary alicyclic amines) is 1. The fourth-order valence-electron chi connectivity index (χ4n) is 4.15. The Balaban J connectivity index is 1.53. The molecule has 1 aromatic heterocycles. The van der Waals surface area contributed by atoms with E-state index in [0.29, 0.717) is 31.6 Å². The molecule has 224 valence electrons. The van der Waals surface area contributed by atoms with Crippen LogP contribution in [0.1, 0.15) is 31.7 Å². The third-order valence-electron chi connectivity index (χ3n) is 6.34. The first-order valence-electron chi connectivity index (χ1n) is 13.4. The number of nitrogens with one attached hydrogen (secondary N) is 3. The number of ether oxygens (including phenoxy) is 2. The number of sulfonamides is 1. The van der Waals surface area contributed by atoms with Gasteiger partial charge in [0.15, 0.2) is 0 Å². The van der Waals surface area contributed by atoms with Crippen LogP contribution in [0.4, 0.5) is 10.6 Å². The van der Waals surface area contributed by atoms with E-state index in [1.807, 2.05) is 43.3 Å². The average molecular weight is 592 g/mol. The highest BCUT2D eigenvalue weighted by Crippen LogP contribution is 2.22. The van der Waals surface area contributed by atoms with Crippen LogP contribution in [0.25, 0.3) is 0 Å². The van der Waals surface area contributed by atoms with Crippen molar-refractivity contribution in [2.24, 2.45) is 0 Å². The van der Waals surface area contributed by atoms with Crippen LogP contribution < -0.4 is 15.4 Å². The zero-order valence-electron chi connectivity index (χ0n) is 22.9. The predicted molar refractivity (Wildman–Crippen MR) is 150 cm³/mol. The molecule has 3 unspecified atom stereocenters. The van der Waals surface area contributed by atoms with E-state index in [9.17, 15) is 27.9 Å². The lowest BCUT2D eigenvalue weighted by Crippen LogP contribution is -2.49. The monoisotopic (exact) mass is 591 g/mol. The van der Waals surface area contributed by atoms with Gasteiger partial charge in [-0.15, -0.1) is 0 Å². The first-order chi connectivity index (χ1) is 19.7. The van der Waals surface area contributed by atoms with E-state index in [2.05, 4.69) is 20.3 Å². The molecule has 1 aliphatic heterocycles. The van der Waals surface area contributed by atoms with Crippen molar-refractivity contribution >= 4 is 33.8 Å². The Morgan fingerprint density at radius 1 is 1.15 bits per heavy atom. The number of anilines is 1. The summed E-state index contributed by atoms with van der Waals surface area (Å²) in [7, 11) is -3.80. The number of carbonyl (C=O) groups excluding carboxylic acids is 2. The Morgan fingerprint density at radius 3 is 2.59 bits per heavy atom. The molecule has 0 bridgehead atoms. The molecule has 0 aliphatic carbocycles. The Bertz CT molecular complexity index is 1230. The van der Waals surface area contributed by atoms with Gasteiger partial charge in [-0.3, -0.25) is 9.59 Å². The number of carbonyl (C=O) groups is 3. The van der Waals surface area contributed by atoms with Crippen molar-refractivity contribution in [3.05, 3.63) is 60.3 Å². The molecule has 2 amide bonds. The van der Waals surface area contributed by atoms with Crippen LogP contribution in [0.3, 0.4) is 0 Å². The third-order valence-corrected chi connectivity index (χ3v) is 7.81. The maximum atomic E-state index is 13.0. The molecular formula is C27H37N5O8S. The van der Waals surface area contributed by atoms with Gasteiger partial charge < -0.3 is 30.1 Å². The maximum Gasteiger partial charge on any atom is 0.410 e. The highest BCUT2D eigenvalue weighted by molar-refractivity contribution is 7.89. The standard InChI is InChI=1S/C27H37N5O8S/c1-2-3-13-41(37,38)31-23(26(34)35)16-30-25(33)19-39-22-14-21(15-29-24-11-7-8-12-28-24)32(17-22)27(36)40-18-20-9-5-4-6-10-20/h4-12,21-23,31H,2-3,13-19H2,1H3,(H,28,29)(H,30,33)(H,34,35). The van der Waals surface area contributed by atoms with Gasteiger partial charge in [0.25, 0.3) is 0 Å². The summed E-state index contributed by atoms with van der Waals surface area (Å²) in [5, 5.41) is 15.0. The highest BCUT2D eigenvalue weighted by Gasteiger charge is 2.37.